The highest BCUT2D eigenvalue weighted by Gasteiger charge is 2.21. The maximum Gasteiger partial charge on any atom is 0.265 e. The molecule has 140 valence electrons. The maximum atomic E-state index is 13.6. The summed E-state index contributed by atoms with van der Waals surface area (Å²) in [5.41, 5.74) is 1.94. The van der Waals surface area contributed by atoms with Crippen molar-refractivity contribution >= 4 is 27.5 Å². The highest BCUT2D eigenvalue weighted by atomic mass is 32.2. The summed E-state index contributed by atoms with van der Waals surface area (Å²) in [6.45, 7) is 0.915. The Morgan fingerprint density at radius 2 is 2.11 bits per heavy atom. The monoisotopic (exact) mass is 405 g/mol. The van der Waals surface area contributed by atoms with Crippen LogP contribution >= 0.6 is 11.8 Å². The van der Waals surface area contributed by atoms with E-state index in [1.54, 1.807) is 30.0 Å². The first-order chi connectivity index (χ1) is 13.0. The predicted molar refractivity (Wildman–Crippen MR) is 102 cm³/mol. The molecule has 27 heavy (non-hydrogen) atoms. The molecule has 4 rings (SSSR count). The third-order valence-electron chi connectivity index (χ3n) is 4.13. The standard InChI is InChI=1S/C18H16FN3O3S2/c1-25-16-6-5-13(19)10-17(16)27(23,24)21-14-4-2-3-12(9-14)15-11-22-7-8-26-18(22)20-15/h2-6,9-11,21H,7-8H2,1H3. The SMILES string of the molecule is COc1ccc(F)cc1S(=O)(=O)Nc1cccc(-c2cn3c(n2)SCC3)c1. The Bertz CT molecular complexity index is 1090. The number of benzene rings is 2. The zero-order chi connectivity index (χ0) is 19.0. The molecule has 9 heteroatoms. The molecule has 0 atom stereocenters. The van der Waals surface area contributed by atoms with E-state index in [1.165, 1.54) is 13.2 Å². The number of ether oxygens (including phenoxy) is 1. The molecule has 0 spiro atoms. The molecule has 1 aromatic heterocycles. The van der Waals surface area contributed by atoms with E-state index >= 15 is 0 Å². The van der Waals surface area contributed by atoms with Crippen molar-refractivity contribution in [2.24, 2.45) is 0 Å². The van der Waals surface area contributed by atoms with E-state index in [2.05, 4.69) is 14.3 Å². The minimum Gasteiger partial charge on any atom is -0.495 e. The number of nitrogens with zero attached hydrogens (tertiary/aromatic N) is 2. The van der Waals surface area contributed by atoms with Crippen LogP contribution < -0.4 is 9.46 Å². The molecule has 1 N–H and O–H groups in total. The van der Waals surface area contributed by atoms with Crippen molar-refractivity contribution in [3.05, 3.63) is 54.5 Å². The molecular formula is C18H16FN3O3S2. The fourth-order valence-corrected chi connectivity index (χ4v) is 5.04. The van der Waals surface area contributed by atoms with E-state index in [-0.39, 0.29) is 10.6 Å². The maximum absolute atomic E-state index is 13.6. The van der Waals surface area contributed by atoms with Gasteiger partial charge in [0.25, 0.3) is 10.0 Å². The number of hydrogen-bond acceptors (Lipinski definition) is 5. The van der Waals surface area contributed by atoms with Gasteiger partial charge in [0.05, 0.1) is 12.8 Å². The van der Waals surface area contributed by atoms with Crippen LogP contribution in [0.3, 0.4) is 0 Å². The molecule has 1 aliphatic heterocycles. The van der Waals surface area contributed by atoms with E-state index in [0.29, 0.717) is 5.69 Å². The van der Waals surface area contributed by atoms with Crippen molar-refractivity contribution in [3.63, 3.8) is 0 Å². The average molecular weight is 405 g/mol. The number of methoxy groups -OCH3 is 1. The van der Waals surface area contributed by atoms with Gasteiger partial charge in [-0.05, 0) is 30.3 Å². The zero-order valence-electron chi connectivity index (χ0n) is 14.3. The van der Waals surface area contributed by atoms with Gasteiger partial charge in [-0.25, -0.2) is 17.8 Å². The second-order valence-electron chi connectivity index (χ2n) is 5.93. The molecule has 3 aromatic rings. The third-order valence-corrected chi connectivity index (χ3v) is 6.50. The second-order valence-corrected chi connectivity index (χ2v) is 8.64. The summed E-state index contributed by atoms with van der Waals surface area (Å²) in [5.74, 6) is 0.426. The van der Waals surface area contributed by atoms with Crippen LogP contribution in [-0.4, -0.2) is 30.8 Å². The van der Waals surface area contributed by atoms with E-state index in [0.717, 1.165) is 40.8 Å². The minimum absolute atomic E-state index is 0.0719. The summed E-state index contributed by atoms with van der Waals surface area (Å²) in [6.07, 6.45) is 1.96. The van der Waals surface area contributed by atoms with Crippen LogP contribution in [0.2, 0.25) is 0 Å². The highest BCUT2D eigenvalue weighted by molar-refractivity contribution is 7.99. The molecule has 2 aromatic carbocycles. The van der Waals surface area contributed by atoms with Crippen LogP contribution in [0.4, 0.5) is 10.1 Å². The van der Waals surface area contributed by atoms with Gasteiger partial charge < -0.3 is 9.30 Å². The molecule has 0 amide bonds. The lowest BCUT2D eigenvalue weighted by Crippen LogP contribution is -2.14. The predicted octanol–water partition coefficient (Wildman–Crippen LogP) is 3.60. The molecule has 0 saturated heterocycles. The Morgan fingerprint density at radius 1 is 1.26 bits per heavy atom. The van der Waals surface area contributed by atoms with Gasteiger partial charge in [-0.3, -0.25) is 4.72 Å². The van der Waals surface area contributed by atoms with Gasteiger partial charge in [0.15, 0.2) is 5.16 Å². The number of anilines is 1. The van der Waals surface area contributed by atoms with Crippen LogP contribution in [0.1, 0.15) is 0 Å². The Kier molecular flexibility index (Phi) is 4.56. The summed E-state index contributed by atoms with van der Waals surface area (Å²) in [4.78, 5) is 4.32. The van der Waals surface area contributed by atoms with E-state index in [1.807, 2.05) is 12.3 Å². The van der Waals surface area contributed by atoms with Crippen LogP contribution in [0.25, 0.3) is 11.3 Å². The fourth-order valence-electron chi connectivity index (χ4n) is 2.86. The van der Waals surface area contributed by atoms with Crippen LogP contribution in [0.15, 0.2) is 58.7 Å². The quantitative estimate of drug-likeness (QED) is 0.702. The van der Waals surface area contributed by atoms with E-state index in [9.17, 15) is 12.8 Å². The zero-order valence-corrected chi connectivity index (χ0v) is 16.0. The minimum atomic E-state index is -4.02. The van der Waals surface area contributed by atoms with Crippen LogP contribution in [-0.2, 0) is 16.6 Å². The summed E-state index contributed by atoms with van der Waals surface area (Å²) >= 11 is 1.69. The first kappa shape index (κ1) is 17.9. The molecule has 0 fully saturated rings. The lowest BCUT2D eigenvalue weighted by Gasteiger charge is -2.12. The van der Waals surface area contributed by atoms with Gasteiger partial charge in [0, 0.05) is 29.7 Å². The van der Waals surface area contributed by atoms with E-state index in [4.69, 9.17) is 4.74 Å². The molecule has 0 radical (unpaired) electrons. The summed E-state index contributed by atoms with van der Waals surface area (Å²) in [7, 11) is -2.68. The average Bonchev–Trinajstić information content (AvgIpc) is 3.23. The molecule has 1 aliphatic rings. The first-order valence-electron chi connectivity index (χ1n) is 8.13. The lowest BCUT2D eigenvalue weighted by atomic mass is 10.1. The van der Waals surface area contributed by atoms with Crippen molar-refractivity contribution < 1.29 is 17.5 Å². The molecule has 2 heterocycles. The largest absolute Gasteiger partial charge is 0.495 e. The molecule has 0 bridgehead atoms. The van der Waals surface area contributed by atoms with Gasteiger partial charge in [-0.2, -0.15) is 0 Å². The van der Waals surface area contributed by atoms with Crippen molar-refractivity contribution in [3.8, 4) is 17.0 Å². The Morgan fingerprint density at radius 3 is 2.89 bits per heavy atom. The smallest absolute Gasteiger partial charge is 0.265 e. The van der Waals surface area contributed by atoms with Crippen molar-refractivity contribution in [1.29, 1.82) is 0 Å². The molecule has 0 unspecified atom stereocenters. The Labute approximate surface area is 160 Å². The molecular weight excluding hydrogens is 389 g/mol. The van der Waals surface area contributed by atoms with Gasteiger partial charge in [0.2, 0.25) is 0 Å². The number of aryl methyl sites for hydroxylation is 1. The number of hydrogen-bond donors (Lipinski definition) is 1. The normalized spacial score (nSPS) is 13.4. The van der Waals surface area contributed by atoms with E-state index < -0.39 is 15.8 Å². The van der Waals surface area contributed by atoms with Gasteiger partial charge in [-0.15, -0.1) is 0 Å². The number of thioether (sulfide) groups is 1. The number of nitrogens with one attached hydrogen (secondary N) is 1. The Hall–Kier alpha value is -2.52. The fraction of sp³-hybridized carbons (Fsp3) is 0.167. The number of sulfonamides is 1. The number of aromatic nitrogens is 2. The topological polar surface area (TPSA) is 73.2 Å². The van der Waals surface area contributed by atoms with Crippen molar-refractivity contribution in [2.45, 2.75) is 16.6 Å². The van der Waals surface area contributed by atoms with Gasteiger partial charge in [-0.1, -0.05) is 23.9 Å². The first-order valence-corrected chi connectivity index (χ1v) is 10.6. The highest BCUT2D eigenvalue weighted by Crippen LogP contribution is 2.31. The molecule has 0 aliphatic carbocycles. The second kappa shape index (κ2) is 6.90. The van der Waals surface area contributed by atoms with Crippen molar-refractivity contribution in [1.82, 2.24) is 9.55 Å². The van der Waals surface area contributed by atoms with Crippen LogP contribution in [0, 0.1) is 5.82 Å². The van der Waals surface area contributed by atoms with Crippen molar-refractivity contribution in [2.75, 3.05) is 17.6 Å². The lowest BCUT2D eigenvalue weighted by molar-refractivity contribution is 0.401. The molecule has 0 saturated carbocycles. The number of halogens is 1. The number of fused-ring (bicyclic) bond motifs is 1. The van der Waals surface area contributed by atoms with Gasteiger partial charge >= 0.3 is 0 Å². The summed E-state index contributed by atoms with van der Waals surface area (Å²) in [6, 6.07) is 10.3. The summed E-state index contributed by atoms with van der Waals surface area (Å²) < 4.78 is 48.6. The number of imidazole rings is 1. The van der Waals surface area contributed by atoms with Gasteiger partial charge in [0.1, 0.15) is 16.5 Å². The molecule has 6 nitrogen and oxygen atoms in total. The van der Waals surface area contributed by atoms with Crippen LogP contribution in [0.5, 0.6) is 5.75 Å². The third kappa shape index (κ3) is 3.52. The summed E-state index contributed by atoms with van der Waals surface area (Å²) in [5, 5.41) is 0.959. The number of rotatable bonds is 5. The Balaban J connectivity index is 1.65.